The van der Waals surface area contributed by atoms with Gasteiger partial charge in [0.25, 0.3) is 17.5 Å². The fourth-order valence-corrected chi connectivity index (χ4v) is 2.78. The fraction of sp³-hybridized carbons (Fsp3) is 0.267. The highest BCUT2D eigenvalue weighted by molar-refractivity contribution is 7.09. The van der Waals surface area contributed by atoms with Crippen molar-refractivity contribution in [1.82, 2.24) is 24.5 Å². The van der Waals surface area contributed by atoms with E-state index in [2.05, 4.69) is 15.1 Å². The van der Waals surface area contributed by atoms with Crippen LogP contribution in [0.4, 0.5) is 0 Å². The van der Waals surface area contributed by atoms with Crippen LogP contribution in [0.15, 0.2) is 29.8 Å². The van der Waals surface area contributed by atoms with Gasteiger partial charge in [0.05, 0.1) is 6.54 Å². The van der Waals surface area contributed by atoms with Gasteiger partial charge >= 0.3 is 5.97 Å². The van der Waals surface area contributed by atoms with Gasteiger partial charge in [-0.1, -0.05) is 6.07 Å². The van der Waals surface area contributed by atoms with Crippen LogP contribution in [-0.2, 0) is 16.1 Å². The molecule has 124 valence electrons. The van der Waals surface area contributed by atoms with E-state index in [1.807, 2.05) is 24.4 Å². The Kier molecular flexibility index (Phi) is 4.52. The maximum Gasteiger partial charge on any atom is 0.378 e. The van der Waals surface area contributed by atoms with Crippen molar-refractivity contribution < 1.29 is 14.3 Å². The standard InChI is InChI=1S/C15H15N5O3S/c1-10-5-6-16-15-17-13(18-20(10)15)14(22)23-9-12(21)19(2)8-11-4-3-7-24-11/h3-7H,8-9H2,1-2H3. The zero-order valence-corrected chi connectivity index (χ0v) is 14.0. The number of nitrogens with zero attached hydrogens (tertiary/aromatic N) is 5. The minimum atomic E-state index is -0.752. The van der Waals surface area contributed by atoms with E-state index in [9.17, 15) is 9.59 Å². The molecule has 0 aliphatic heterocycles. The Morgan fingerprint density at radius 1 is 1.38 bits per heavy atom. The summed E-state index contributed by atoms with van der Waals surface area (Å²) in [6.45, 7) is 1.94. The SMILES string of the molecule is Cc1ccnc2nc(C(=O)OCC(=O)N(C)Cc3cccs3)nn12. The normalized spacial score (nSPS) is 10.8. The highest BCUT2D eigenvalue weighted by Gasteiger charge is 2.18. The number of hydrogen-bond acceptors (Lipinski definition) is 7. The average Bonchev–Trinajstić information content (AvgIpc) is 3.22. The molecular formula is C15H15N5O3S. The summed E-state index contributed by atoms with van der Waals surface area (Å²) in [6, 6.07) is 5.61. The Bertz CT molecular complexity index is 875. The Morgan fingerprint density at radius 2 is 2.21 bits per heavy atom. The van der Waals surface area contributed by atoms with Crippen molar-refractivity contribution in [2.24, 2.45) is 0 Å². The van der Waals surface area contributed by atoms with E-state index in [0.29, 0.717) is 12.3 Å². The van der Waals surface area contributed by atoms with Crippen LogP contribution < -0.4 is 0 Å². The van der Waals surface area contributed by atoms with Crippen molar-refractivity contribution in [3.05, 3.63) is 46.2 Å². The summed E-state index contributed by atoms with van der Waals surface area (Å²) in [7, 11) is 1.66. The molecule has 0 aliphatic rings. The van der Waals surface area contributed by atoms with Crippen LogP contribution in [0.2, 0.25) is 0 Å². The van der Waals surface area contributed by atoms with Gasteiger partial charge in [-0.15, -0.1) is 16.4 Å². The van der Waals surface area contributed by atoms with E-state index in [0.717, 1.165) is 10.6 Å². The Labute approximate surface area is 141 Å². The average molecular weight is 345 g/mol. The second-order valence-corrected chi connectivity index (χ2v) is 6.17. The number of aryl methyl sites for hydroxylation is 1. The Hall–Kier alpha value is -2.81. The van der Waals surface area contributed by atoms with Gasteiger partial charge in [-0.05, 0) is 24.4 Å². The van der Waals surface area contributed by atoms with Crippen LogP contribution in [-0.4, -0.2) is 50.0 Å². The molecule has 9 heteroatoms. The quantitative estimate of drug-likeness (QED) is 0.648. The predicted molar refractivity (Wildman–Crippen MR) is 86.6 cm³/mol. The number of fused-ring (bicyclic) bond motifs is 1. The molecule has 0 atom stereocenters. The van der Waals surface area contributed by atoms with E-state index < -0.39 is 5.97 Å². The zero-order chi connectivity index (χ0) is 17.1. The van der Waals surface area contributed by atoms with Gasteiger partial charge < -0.3 is 9.64 Å². The third-order valence-electron chi connectivity index (χ3n) is 3.34. The van der Waals surface area contributed by atoms with Crippen molar-refractivity contribution in [2.45, 2.75) is 13.5 Å². The minimum Gasteiger partial charge on any atom is -0.450 e. The number of carbonyl (C=O) groups excluding carboxylic acids is 2. The van der Waals surface area contributed by atoms with Crippen molar-refractivity contribution >= 4 is 29.0 Å². The van der Waals surface area contributed by atoms with E-state index >= 15 is 0 Å². The van der Waals surface area contributed by atoms with Crippen LogP contribution >= 0.6 is 11.3 Å². The number of aromatic nitrogens is 4. The number of amides is 1. The molecule has 0 unspecified atom stereocenters. The molecule has 0 fully saturated rings. The predicted octanol–water partition coefficient (Wildman–Crippen LogP) is 1.31. The molecule has 24 heavy (non-hydrogen) atoms. The summed E-state index contributed by atoms with van der Waals surface area (Å²) in [4.78, 5) is 34.6. The monoisotopic (exact) mass is 345 g/mol. The van der Waals surface area contributed by atoms with E-state index in [4.69, 9.17) is 4.74 Å². The van der Waals surface area contributed by atoms with Crippen LogP contribution in [0.5, 0.6) is 0 Å². The van der Waals surface area contributed by atoms with E-state index in [1.54, 1.807) is 30.6 Å². The first-order valence-corrected chi connectivity index (χ1v) is 8.04. The van der Waals surface area contributed by atoms with Crippen molar-refractivity contribution in [1.29, 1.82) is 0 Å². The number of likely N-dealkylation sites (N-methyl/N-ethyl adjacent to an activating group) is 1. The molecule has 0 saturated carbocycles. The summed E-state index contributed by atoms with van der Waals surface area (Å²) in [5.74, 6) is -0.860. The molecule has 3 rings (SSSR count). The largest absolute Gasteiger partial charge is 0.450 e. The first-order chi connectivity index (χ1) is 11.5. The molecule has 0 radical (unpaired) electrons. The van der Waals surface area contributed by atoms with Gasteiger partial charge in [-0.3, -0.25) is 4.79 Å². The number of thiophene rings is 1. The molecule has 3 aromatic heterocycles. The maximum atomic E-state index is 12.0. The summed E-state index contributed by atoms with van der Waals surface area (Å²) in [5, 5.41) is 5.98. The second-order valence-electron chi connectivity index (χ2n) is 5.14. The summed E-state index contributed by atoms with van der Waals surface area (Å²) < 4.78 is 6.45. The van der Waals surface area contributed by atoms with E-state index in [-0.39, 0.29) is 18.3 Å². The molecule has 1 amide bonds. The summed E-state index contributed by atoms with van der Waals surface area (Å²) >= 11 is 1.56. The molecule has 8 nitrogen and oxygen atoms in total. The lowest BCUT2D eigenvalue weighted by Gasteiger charge is -2.15. The van der Waals surface area contributed by atoms with E-state index in [1.165, 1.54) is 9.42 Å². The molecule has 3 aromatic rings. The lowest BCUT2D eigenvalue weighted by molar-refractivity contribution is -0.133. The summed E-state index contributed by atoms with van der Waals surface area (Å²) in [6.07, 6.45) is 1.58. The molecule has 0 N–H and O–H groups in total. The molecular weight excluding hydrogens is 330 g/mol. The minimum absolute atomic E-state index is 0.120. The second kappa shape index (κ2) is 6.75. The number of rotatable bonds is 5. The zero-order valence-electron chi connectivity index (χ0n) is 13.2. The lowest BCUT2D eigenvalue weighted by Crippen LogP contribution is -2.30. The van der Waals surface area contributed by atoms with Crippen molar-refractivity contribution in [2.75, 3.05) is 13.7 Å². The van der Waals surface area contributed by atoms with Gasteiger partial charge in [0.15, 0.2) is 6.61 Å². The highest BCUT2D eigenvalue weighted by atomic mass is 32.1. The van der Waals surface area contributed by atoms with Gasteiger partial charge in [0, 0.05) is 23.8 Å². The number of esters is 1. The molecule has 3 heterocycles. The molecule has 0 aromatic carbocycles. The van der Waals surface area contributed by atoms with Gasteiger partial charge in [-0.2, -0.15) is 4.98 Å². The summed E-state index contributed by atoms with van der Waals surface area (Å²) in [5.41, 5.74) is 0.790. The van der Waals surface area contributed by atoms with Crippen LogP contribution in [0.1, 0.15) is 21.2 Å². The van der Waals surface area contributed by atoms with Gasteiger partial charge in [-0.25, -0.2) is 14.3 Å². The van der Waals surface area contributed by atoms with Crippen LogP contribution in [0.3, 0.4) is 0 Å². The number of ether oxygens (including phenoxy) is 1. The van der Waals surface area contributed by atoms with Gasteiger partial charge in [0.2, 0.25) is 0 Å². The molecule has 0 bridgehead atoms. The van der Waals surface area contributed by atoms with Crippen molar-refractivity contribution in [3.63, 3.8) is 0 Å². The number of carbonyl (C=O) groups is 2. The Morgan fingerprint density at radius 3 is 2.92 bits per heavy atom. The van der Waals surface area contributed by atoms with Gasteiger partial charge in [0.1, 0.15) is 0 Å². The van der Waals surface area contributed by atoms with Crippen LogP contribution in [0.25, 0.3) is 5.78 Å². The maximum absolute atomic E-state index is 12.0. The first kappa shape index (κ1) is 16.1. The molecule has 0 aliphatic carbocycles. The first-order valence-electron chi connectivity index (χ1n) is 7.16. The highest BCUT2D eigenvalue weighted by Crippen LogP contribution is 2.11. The Balaban J connectivity index is 1.59. The van der Waals surface area contributed by atoms with Crippen LogP contribution in [0, 0.1) is 6.92 Å². The molecule has 0 saturated heterocycles. The van der Waals surface area contributed by atoms with Crippen molar-refractivity contribution in [3.8, 4) is 0 Å². The lowest BCUT2D eigenvalue weighted by atomic mass is 10.4. The molecule has 0 spiro atoms. The topological polar surface area (TPSA) is 89.7 Å². The number of hydrogen-bond donors (Lipinski definition) is 0. The smallest absolute Gasteiger partial charge is 0.378 e. The third kappa shape index (κ3) is 3.40. The fourth-order valence-electron chi connectivity index (χ4n) is 2.02. The third-order valence-corrected chi connectivity index (χ3v) is 4.20.